The van der Waals surface area contributed by atoms with E-state index in [1.165, 1.54) is 42.4 Å². The molecule has 0 bridgehead atoms. The van der Waals surface area contributed by atoms with Crippen molar-refractivity contribution in [3.8, 4) is 101 Å². The second-order valence-corrected chi connectivity index (χ2v) is 21.7. The first-order valence-electron chi connectivity index (χ1n) is 27.8. The van der Waals surface area contributed by atoms with Crippen LogP contribution in [-0.2, 0) is 32.9 Å². The third-order valence-corrected chi connectivity index (χ3v) is 16.4. The van der Waals surface area contributed by atoms with E-state index in [2.05, 4.69) is 243 Å². The maximum absolute atomic E-state index is 12.9. The molecule has 0 saturated heterocycles. The van der Waals surface area contributed by atoms with Gasteiger partial charge in [-0.2, -0.15) is 0 Å². The van der Waals surface area contributed by atoms with Crippen LogP contribution in [0.5, 0.6) is 5.75 Å². The number of fused-ring (bicyclic) bond motifs is 1. The number of aromatic hydroxyl groups is 1. The fourth-order valence-corrected chi connectivity index (χ4v) is 12.1. The van der Waals surface area contributed by atoms with Gasteiger partial charge in [0.15, 0.2) is 0 Å². The van der Waals surface area contributed by atoms with Crippen LogP contribution in [0.15, 0.2) is 255 Å². The van der Waals surface area contributed by atoms with Crippen molar-refractivity contribution in [2.24, 2.45) is 5.92 Å². The Kier molecular flexibility index (Phi) is 14.7. The number of nitrogens with zero attached hydrogens (tertiary/aromatic N) is 3. The number of aromatic nitrogens is 3. The first-order chi connectivity index (χ1) is 38.8. The van der Waals surface area contributed by atoms with Crippen molar-refractivity contribution in [2.75, 3.05) is 0 Å². The molecule has 1 N–H and O–H groups in total. The van der Waals surface area contributed by atoms with Crippen molar-refractivity contribution >= 4 is 11.0 Å². The third kappa shape index (κ3) is 10.2. The van der Waals surface area contributed by atoms with Gasteiger partial charge >= 0.3 is 0 Å². The minimum Gasteiger partial charge on any atom is -0.507 e. The first kappa shape index (κ1) is 52.0. The fraction of sp³-hybridized carbons (Fsp3) is 0.120. The molecule has 0 amide bonds. The van der Waals surface area contributed by atoms with E-state index in [1.807, 2.05) is 36.5 Å². The Balaban J connectivity index is 0.00000637. The molecule has 4 nitrogen and oxygen atoms in total. The van der Waals surface area contributed by atoms with Gasteiger partial charge in [0.05, 0.1) is 22.3 Å². The number of phenols is 1. The second-order valence-electron chi connectivity index (χ2n) is 21.7. The molecule has 13 rings (SSSR count). The van der Waals surface area contributed by atoms with Crippen LogP contribution < -0.4 is 0 Å². The minimum absolute atomic E-state index is 0. The Hall–Kier alpha value is -8.69. The number of hydrogen-bond acceptors (Lipinski definition) is 3. The predicted octanol–water partition coefficient (Wildman–Crippen LogP) is 19.3. The monoisotopic (exact) mass is 1210 g/mol. The van der Waals surface area contributed by atoms with E-state index in [-0.39, 0.29) is 32.2 Å². The van der Waals surface area contributed by atoms with Gasteiger partial charge in [-0.3, -0.25) is 9.55 Å². The standard InChI is InChI=1S/C75H60N3O.Pt/c1-75(2,61-31-13-6-14-32-61)62-33-19-30-56(49-62)57-42-43-76-69(50-57)60-47-58(53-24-7-3-8-25-53)46-59(48-60)64-36-21-39-71-72(64)77-74(67-38-20-37-66(73(67)79)65-35-18-17-34-63(65)54-26-9-4-10-27-54)78(71)70-41-40-52(44-51-22-15-16-23-51)45-68(70)55-28-11-5-12-29-55;/h3-14,17-21,24-43,45-47,49-51,79H,15-16,22-23,44H2,1-2H3;/q-1;. The van der Waals surface area contributed by atoms with Crippen LogP contribution in [0, 0.1) is 12.0 Å². The zero-order chi connectivity index (χ0) is 53.3. The van der Waals surface area contributed by atoms with Crippen LogP contribution in [0.1, 0.15) is 56.2 Å². The van der Waals surface area contributed by atoms with Crippen molar-refractivity contribution < 1.29 is 26.2 Å². The quantitative estimate of drug-likeness (QED) is 0.117. The Morgan fingerprint density at radius 3 is 1.77 bits per heavy atom. The average molecular weight is 1210 g/mol. The molecule has 0 aliphatic heterocycles. The van der Waals surface area contributed by atoms with E-state index < -0.39 is 0 Å². The Morgan fingerprint density at radius 2 is 1.04 bits per heavy atom. The van der Waals surface area contributed by atoms with E-state index in [4.69, 9.17) is 9.97 Å². The van der Waals surface area contributed by atoms with Gasteiger partial charge in [-0.05, 0) is 98.3 Å². The van der Waals surface area contributed by atoms with E-state index in [1.54, 1.807) is 0 Å². The van der Waals surface area contributed by atoms with E-state index >= 15 is 0 Å². The number of benzene rings is 10. The second kappa shape index (κ2) is 22.6. The summed E-state index contributed by atoms with van der Waals surface area (Å²) in [7, 11) is 0. The molecular formula is C75H60N3OPt-. The molecule has 80 heavy (non-hydrogen) atoms. The first-order valence-corrected chi connectivity index (χ1v) is 27.8. The summed E-state index contributed by atoms with van der Waals surface area (Å²) in [5.41, 5.74) is 20.9. The van der Waals surface area contributed by atoms with Crippen LogP contribution >= 0.6 is 0 Å². The number of hydrogen-bond donors (Lipinski definition) is 1. The number of imidazole rings is 1. The molecule has 1 aliphatic rings. The van der Waals surface area contributed by atoms with E-state index in [9.17, 15) is 5.11 Å². The molecule has 0 spiro atoms. The minimum atomic E-state index is -0.190. The molecule has 392 valence electrons. The summed E-state index contributed by atoms with van der Waals surface area (Å²) in [4.78, 5) is 10.8. The zero-order valence-corrected chi connectivity index (χ0v) is 47.2. The van der Waals surface area contributed by atoms with Gasteiger partial charge in [0.2, 0.25) is 0 Å². The fourth-order valence-electron chi connectivity index (χ4n) is 12.1. The van der Waals surface area contributed by atoms with Gasteiger partial charge in [-0.25, -0.2) is 4.98 Å². The third-order valence-electron chi connectivity index (χ3n) is 16.4. The molecule has 2 aromatic heterocycles. The molecule has 0 unspecified atom stereocenters. The largest absolute Gasteiger partial charge is 0.507 e. The van der Waals surface area contributed by atoms with Crippen molar-refractivity contribution in [1.82, 2.24) is 14.5 Å². The van der Waals surface area contributed by atoms with Gasteiger partial charge < -0.3 is 5.11 Å². The molecule has 1 fully saturated rings. The number of rotatable bonds is 13. The van der Waals surface area contributed by atoms with Crippen molar-refractivity contribution in [3.05, 3.63) is 278 Å². The van der Waals surface area contributed by atoms with Gasteiger partial charge in [-0.1, -0.05) is 262 Å². The maximum Gasteiger partial charge on any atom is 0.148 e. The van der Waals surface area contributed by atoms with Crippen LogP contribution in [0.3, 0.4) is 0 Å². The number of pyridine rings is 1. The summed E-state index contributed by atoms with van der Waals surface area (Å²) < 4.78 is 2.28. The van der Waals surface area contributed by atoms with Crippen LogP contribution in [0.4, 0.5) is 0 Å². The van der Waals surface area contributed by atoms with Crippen LogP contribution in [-0.4, -0.2) is 19.6 Å². The summed E-state index contributed by atoms with van der Waals surface area (Å²) >= 11 is 0. The number of para-hydroxylation sites is 2. The normalized spacial score (nSPS) is 12.6. The smallest absolute Gasteiger partial charge is 0.148 e. The summed E-state index contributed by atoms with van der Waals surface area (Å²) in [5, 5.41) is 12.9. The topological polar surface area (TPSA) is 50.9 Å². The van der Waals surface area contributed by atoms with Gasteiger partial charge in [0.1, 0.15) is 11.6 Å². The Bertz CT molecular complexity index is 4140. The number of phenolic OH excluding ortho intramolecular Hbond substituents is 1. The molecule has 0 radical (unpaired) electrons. The molecule has 1 aliphatic carbocycles. The molecule has 10 aromatic carbocycles. The summed E-state index contributed by atoms with van der Waals surface area (Å²) in [6, 6.07) is 91.8. The predicted molar refractivity (Wildman–Crippen MR) is 327 cm³/mol. The van der Waals surface area contributed by atoms with Crippen molar-refractivity contribution in [3.63, 3.8) is 0 Å². The average Bonchev–Trinajstić information content (AvgIpc) is 4.19. The van der Waals surface area contributed by atoms with Crippen molar-refractivity contribution in [2.45, 2.75) is 51.4 Å². The molecule has 2 heterocycles. The molecular weight excluding hydrogens is 1150 g/mol. The molecule has 0 atom stereocenters. The summed E-state index contributed by atoms with van der Waals surface area (Å²) in [6.07, 6.45) is 8.13. The Morgan fingerprint density at radius 1 is 0.475 bits per heavy atom. The van der Waals surface area contributed by atoms with Gasteiger partial charge in [0, 0.05) is 49.5 Å². The molecule has 12 aromatic rings. The van der Waals surface area contributed by atoms with Crippen LogP contribution in [0.25, 0.3) is 106 Å². The maximum atomic E-state index is 12.9. The van der Waals surface area contributed by atoms with Gasteiger partial charge in [0.25, 0.3) is 0 Å². The summed E-state index contributed by atoms with van der Waals surface area (Å²) in [5.74, 6) is 1.50. The Labute approximate surface area is 484 Å². The molecule has 5 heteroatoms. The van der Waals surface area contributed by atoms with Crippen molar-refractivity contribution in [1.29, 1.82) is 0 Å². The summed E-state index contributed by atoms with van der Waals surface area (Å²) in [6.45, 7) is 4.58. The van der Waals surface area contributed by atoms with Crippen LogP contribution in [0.2, 0.25) is 0 Å². The van der Waals surface area contributed by atoms with E-state index in [0.29, 0.717) is 17.3 Å². The zero-order valence-electron chi connectivity index (χ0n) is 45.0. The molecule has 1 saturated carbocycles. The van der Waals surface area contributed by atoms with E-state index in [0.717, 1.165) is 101 Å². The van der Waals surface area contributed by atoms with Gasteiger partial charge in [-0.15, -0.1) is 23.8 Å². The SMILES string of the molecule is CC(C)(c1ccccc1)c1cccc(-c2ccnc(-c3[c-]c(-c4cccc5c4nc(-c4cccc(-c6ccccc6-c6ccccc6)c4O)n5-c4ccc(CC5CCCC5)cc4-c4ccccc4)cc(-c4ccccc4)c3)c2)c1.[Pt].